The lowest BCUT2D eigenvalue weighted by molar-refractivity contribution is 0.00505. The summed E-state index contributed by atoms with van der Waals surface area (Å²) >= 11 is 0. The van der Waals surface area contributed by atoms with Gasteiger partial charge in [-0.2, -0.15) is 8.42 Å². The Morgan fingerprint density at radius 2 is 1.82 bits per heavy atom. The normalized spacial score (nSPS) is 11.9. The van der Waals surface area contributed by atoms with Crippen LogP contribution in [0.1, 0.15) is 50.2 Å². The zero-order valence-corrected chi connectivity index (χ0v) is 23.8. The summed E-state index contributed by atoms with van der Waals surface area (Å²) in [5, 5.41) is -0.293. The van der Waals surface area contributed by atoms with Gasteiger partial charge in [0, 0.05) is 30.9 Å². The molecule has 0 bridgehead atoms. The number of methoxy groups -OCH3 is 1. The molecule has 39 heavy (non-hydrogen) atoms. The number of sulfonamides is 1. The Kier molecular flexibility index (Phi) is 9.63. The zero-order valence-electron chi connectivity index (χ0n) is 22.9. The molecule has 1 amide bonds. The minimum absolute atomic E-state index is 0.113. The second-order valence-electron chi connectivity index (χ2n) is 10.0. The highest BCUT2D eigenvalue weighted by Gasteiger charge is 2.25. The Bertz CT molecular complexity index is 1430. The fourth-order valence-electron chi connectivity index (χ4n) is 3.33. The van der Waals surface area contributed by atoms with Crippen molar-refractivity contribution in [1.82, 2.24) is 14.7 Å². The van der Waals surface area contributed by atoms with Crippen molar-refractivity contribution in [2.24, 2.45) is 5.92 Å². The minimum atomic E-state index is -4.26. The van der Waals surface area contributed by atoms with Gasteiger partial charge in [-0.05, 0) is 63.1 Å². The molecule has 1 aromatic carbocycles. The van der Waals surface area contributed by atoms with E-state index in [0.717, 1.165) is 0 Å². The van der Waals surface area contributed by atoms with Crippen molar-refractivity contribution in [2.45, 2.75) is 51.7 Å². The molecule has 11 heteroatoms. The van der Waals surface area contributed by atoms with E-state index in [9.17, 15) is 17.6 Å². The van der Waals surface area contributed by atoms with Gasteiger partial charge in [0.2, 0.25) is 5.88 Å². The number of hydrogen-bond donors (Lipinski definition) is 1. The highest BCUT2D eigenvalue weighted by atomic mass is 32.2. The van der Waals surface area contributed by atoms with Crippen LogP contribution in [-0.2, 0) is 14.8 Å². The van der Waals surface area contributed by atoms with Crippen LogP contribution < -0.4 is 14.2 Å². The van der Waals surface area contributed by atoms with E-state index in [-0.39, 0.29) is 29.0 Å². The van der Waals surface area contributed by atoms with E-state index in [2.05, 4.69) is 9.97 Å². The summed E-state index contributed by atoms with van der Waals surface area (Å²) in [7, 11) is -2.69. The Morgan fingerprint density at radius 3 is 2.49 bits per heavy atom. The van der Waals surface area contributed by atoms with Crippen molar-refractivity contribution in [3.05, 3.63) is 65.6 Å². The van der Waals surface area contributed by atoms with Gasteiger partial charge in [0.25, 0.3) is 15.9 Å². The van der Waals surface area contributed by atoms with Gasteiger partial charge >= 0.3 is 0 Å². The maximum absolute atomic E-state index is 14.4. The van der Waals surface area contributed by atoms with E-state index < -0.39 is 27.3 Å². The monoisotopic (exact) mass is 559 g/mol. The average Bonchev–Trinajstić information content (AvgIpc) is 2.86. The highest BCUT2D eigenvalue weighted by Crippen LogP contribution is 2.28. The minimum Gasteiger partial charge on any atom is -0.493 e. The summed E-state index contributed by atoms with van der Waals surface area (Å²) in [5.74, 6) is -0.994. The molecule has 0 saturated carbocycles. The quantitative estimate of drug-likeness (QED) is 0.332. The van der Waals surface area contributed by atoms with E-state index in [1.54, 1.807) is 26.2 Å². The molecular weight excluding hydrogens is 525 g/mol. The molecule has 0 fully saturated rings. The first-order valence-corrected chi connectivity index (χ1v) is 13.9. The molecule has 3 aromatic rings. The number of hydrogen-bond acceptors (Lipinski definition) is 8. The number of amides is 1. The Hall–Kier alpha value is -3.57. The van der Waals surface area contributed by atoms with Gasteiger partial charge < -0.3 is 14.2 Å². The van der Waals surface area contributed by atoms with Crippen molar-refractivity contribution in [2.75, 3.05) is 20.3 Å². The first-order chi connectivity index (χ1) is 18.3. The molecule has 0 spiro atoms. The van der Waals surface area contributed by atoms with E-state index in [1.165, 1.54) is 36.4 Å². The fourth-order valence-corrected chi connectivity index (χ4v) is 4.31. The number of benzene rings is 1. The van der Waals surface area contributed by atoms with Gasteiger partial charge in [-0.3, -0.25) is 4.79 Å². The van der Waals surface area contributed by atoms with E-state index in [1.807, 2.05) is 32.4 Å². The number of aromatic nitrogens is 2. The molecule has 0 radical (unpaired) electrons. The maximum atomic E-state index is 14.4. The third-order valence-electron chi connectivity index (χ3n) is 5.72. The zero-order chi connectivity index (χ0) is 28.8. The van der Waals surface area contributed by atoms with E-state index in [0.29, 0.717) is 35.7 Å². The lowest BCUT2D eigenvalue weighted by Gasteiger charge is -2.22. The van der Waals surface area contributed by atoms with Crippen LogP contribution in [0.25, 0.3) is 11.3 Å². The van der Waals surface area contributed by atoms with Crippen molar-refractivity contribution < 1.29 is 31.8 Å². The lowest BCUT2D eigenvalue weighted by atomic mass is 10.1. The highest BCUT2D eigenvalue weighted by molar-refractivity contribution is 7.90. The number of aryl methyl sites for hydroxylation is 1. The fraction of sp³-hybridized carbons (Fsp3) is 0.393. The summed E-state index contributed by atoms with van der Waals surface area (Å²) < 4.78 is 59.0. The van der Waals surface area contributed by atoms with E-state index >= 15 is 0 Å². The molecule has 3 rings (SSSR count). The smallest absolute Gasteiger partial charge is 0.281 e. The standard InChI is InChI=1S/C28H34FN3O6S/c1-18(2)17-38-22-15-20(14-21(29)16-22)24-11-10-23(27(31-24)37-13-12-28(4,5)36-6)26(33)32-39(34,35)25-9-7-8-19(3)30-25/h7-11,14-16,18H,12-13,17H2,1-6H3,(H,32,33). The molecule has 0 aliphatic rings. The largest absolute Gasteiger partial charge is 0.493 e. The number of pyridine rings is 2. The van der Waals surface area contributed by atoms with Gasteiger partial charge in [-0.15, -0.1) is 0 Å². The van der Waals surface area contributed by atoms with Crippen molar-refractivity contribution in [1.29, 1.82) is 0 Å². The summed E-state index contributed by atoms with van der Waals surface area (Å²) in [6.07, 6.45) is 0.454. The number of nitrogens with one attached hydrogen (secondary N) is 1. The number of halogens is 1. The third-order valence-corrected chi connectivity index (χ3v) is 6.95. The van der Waals surface area contributed by atoms with Gasteiger partial charge in [0.1, 0.15) is 17.1 Å². The van der Waals surface area contributed by atoms with Crippen LogP contribution in [0, 0.1) is 18.7 Å². The predicted octanol–water partition coefficient (Wildman–Crippen LogP) is 4.94. The van der Waals surface area contributed by atoms with Gasteiger partial charge in [0.15, 0.2) is 5.03 Å². The maximum Gasteiger partial charge on any atom is 0.281 e. The molecule has 210 valence electrons. The van der Waals surface area contributed by atoms with Crippen LogP contribution in [0.5, 0.6) is 11.6 Å². The molecular formula is C28H34FN3O6S. The number of rotatable bonds is 12. The molecule has 0 unspecified atom stereocenters. The summed E-state index contributed by atoms with van der Waals surface area (Å²) in [4.78, 5) is 21.6. The van der Waals surface area contributed by atoms with Crippen LogP contribution in [0.2, 0.25) is 0 Å². The second-order valence-corrected chi connectivity index (χ2v) is 11.7. The third kappa shape index (κ3) is 8.46. The molecule has 0 aliphatic carbocycles. The predicted molar refractivity (Wildman–Crippen MR) is 145 cm³/mol. The van der Waals surface area contributed by atoms with Gasteiger partial charge in [0.05, 0.1) is 24.5 Å². The van der Waals surface area contributed by atoms with Crippen LogP contribution in [-0.4, -0.2) is 50.2 Å². The summed E-state index contributed by atoms with van der Waals surface area (Å²) in [6, 6.07) is 11.5. The molecule has 0 saturated heterocycles. The van der Waals surface area contributed by atoms with Crippen LogP contribution in [0.4, 0.5) is 4.39 Å². The first kappa shape index (κ1) is 30.0. The van der Waals surface area contributed by atoms with Crippen LogP contribution >= 0.6 is 0 Å². The van der Waals surface area contributed by atoms with Crippen molar-refractivity contribution in [3.8, 4) is 22.9 Å². The molecule has 2 heterocycles. The van der Waals surface area contributed by atoms with Crippen molar-refractivity contribution in [3.63, 3.8) is 0 Å². The Labute approximate surface area is 228 Å². The summed E-state index contributed by atoms with van der Waals surface area (Å²) in [5.41, 5.74) is 0.570. The van der Waals surface area contributed by atoms with E-state index in [4.69, 9.17) is 14.2 Å². The Morgan fingerprint density at radius 1 is 1.08 bits per heavy atom. The Balaban J connectivity index is 1.96. The van der Waals surface area contributed by atoms with Crippen LogP contribution in [0.15, 0.2) is 53.6 Å². The first-order valence-electron chi connectivity index (χ1n) is 12.4. The van der Waals surface area contributed by atoms with Crippen LogP contribution in [0.3, 0.4) is 0 Å². The van der Waals surface area contributed by atoms with Gasteiger partial charge in [-0.1, -0.05) is 19.9 Å². The molecule has 1 N–H and O–H groups in total. The average molecular weight is 560 g/mol. The number of nitrogens with zero attached hydrogens (tertiary/aromatic N) is 2. The molecule has 0 aliphatic heterocycles. The molecule has 2 aromatic heterocycles. The number of carbonyl (C=O) groups is 1. The second kappa shape index (κ2) is 12.5. The topological polar surface area (TPSA) is 117 Å². The SMILES string of the molecule is COC(C)(C)CCOc1nc(-c2cc(F)cc(OCC(C)C)c2)ccc1C(=O)NS(=O)(=O)c1cccc(C)n1. The molecule has 9 nitrogen and oxygen atoms in total. The number of ether oxygens (including phenoxy) is 3. The molecule has 0 atom stereocenters. The number of carbonyl (C=O) groups excluding carboxylic acids is 1. The summed E-state index contributed by atoms with van der Waals surface area (Å²) in [6.45, 7) is 9.88. The lowest BCUT2D eigenvalue weighted by Crippen LogP contribution is -2.32. The van der Waals surface area contributed by atoms with Gasteiger partial charge in [-0.25, -0.2) is 19.1 Å². The van der Waals surface area contributed by atoms with Crippen molar-refractivity contribution >= 4 is 15.9 Å².